The van der Waals surface area contributed by atoms with Crippen molar-refractivity contribution in [2.45, 2.75) is 69.1 Å². The molecule has 13 heteroatoms. The molecule has 2 aliphatic rings. The molecule has 0 bridgehead atoms. The highest BCUT2D eigenvalue weighted by Crippen LogP contribution is 2.35. The fourth-order valence-electron chi connectivity index (χ4n) is 5.01. The second-order valence-corrected chi connectivity index (χ2v) is 11.0. The van der Waals surface area contributed by atoms with Crippen LogP contribution in [0.25, 0.3) is 0 Å². The zero-order valence-corrected chi connectivity index (χ0v) is 22.2. The molecular weight excluding hydrogens is 516 g/mol. The van der Waals surface area contributed by atoms with Crippen molar-refractivity contribution in [2.24, 2.45) is 0 Å². The fraction of sp³-hybridized carbons (Fsp3) is 0.577. The number of nitrogens with zero attached hydrogens (tertiary/aromatic N) is 3. The Kier molecular flexibility index (Phi) is 9.36. The van der Waals surface area contributed by atoms with E-state index in [0.717, 1.165) is 10.5 Å². The van der Waals surface area contributed by atoms with Crippen LogP contribution in [-0.4, -0.2) is 94.3 Å². The second kappa shape index (κ2) is 12.0. The Morgan fingerprint density at radius 1 is 1.33 bits per heavy atom. The zero-order chi connectivity index (χ0) is 29.0. The maximum Gasteiger partial charge on any atom is 0.475 e. The van der Waals surface area contributed by atoms with Gasteiger partial charge in [-0.2, -0.15) is 5.26 Å². The average Bonchev–Trinajstić information content (AvgIpc) is 3.39. The first-order valence-electron chi connectivity index (χ1n) is 12.7. The summed E-state index contributed by atoms with van der Waals surface area (Å²) in [6.07, 6.45) is -1.51. The lowest BCUT2D eigenvalue weighted by molar-refractivity contribution is -0.131. The van der Waals surface area contributed by atoms with Gasteiger partial charge in [0.15, 0.2) is 0 Å². The highest BCUT2D eigenvalue weighted by molar-refractivity contribution is 6.43. The van der Waals surface area contributed by atoms with Gasteiger partial charge in [0.1, 0.15) is 24.4 Å². The number of alkyl carbamates (subject to hydrolysis) is 1. The number of likely N-dealkylation sites (tertiary alicyclic amines) is 2. The molecule has 2 heterocycles. The fourth-order valence-corrected chi connectivity index (χ4v) is 5.01. The van der Waals surface area contributed by atoms with E-state index in [2.05, 4.69) is 5.32 Å². The standard InChI is InChI=1S/C26H34BF3N4O5/c1-24(2,33-10-9-26(29,30)16-33)12-19(14-31)22(35)34-15-20(28)13-25(34,3)17-39-23(36)32-21(27(37)38)11-18-7-5-4-6-8-18/h4-8,12,20-21,37-38H,9-11,13,15-17H2,1-3H3,(H,32,36)/t20-,21?,25+/m0/s1. The predicted octanol–water partition coefficient (Wildman–Crippen LogP) is 2.23. The van der Waals surface area contributed by atoms with Crippen molar-refractivity contribution in [1.29, 1.82) is 5.26 Å². The zero-order valence-electron chi connectivity index (χ0n) is 22.2. The molecule has 0 aliphatic carbocycles. The van der Waals surface area contributed by atoms with Crippen LogP contribution in [0.15, 0.2) is 42.0 Å². The number of amides is 2. The number of benzene rings is 1. The number of hydrogen-bond acceptors (Lipinski definition) is 7. The number of carbonyl (C=O) groups excluding carboxylic acids is 2. The smallest absolute Gasteiger partial charge is 0.447 e. The van der Waals surface area contributed by atoms with Crippen molar-refractivity contribution in [3.63, 3.8) is 0 Å². The number of carbonyl (C=O) groups is 2. The summed E-state index contributed by atoms with van der Waals surface area (Å²) in [7, 11) is -1.88. The van der Waals surface area contributed by atoms with Gasteiger partial charge in [-0.25, -0.2) is 18.0 Å². The predicted molar refractivity (Wildman–Crippen MR) is 137 cm³/mol. The molecule has 212 valence electrons. The van der Waals surface area contributed by atoms with E-state index in [4.69, 9.17) is 4.74 Å². The third-order valence-corrected chi connectivity index (χ3v) is 7.25. The molecule has 2 aliphatic heterocycles. The lowest BCUT2D eigenvalue weighted by Crippen LogP contribution is -2.52. The Bertz CT molecular complexity index is 1110. The molecule has 2 saturated heterocycles. The van der Waals surface area contributed by atoms with Gasteiger partial charge in [-0.15, -0.1) is 0 Å². The molecule has 0 radical (unpaired) electrons. The Morgan fingerprint density at radius 3 is 2.56 bits per heavy atom. The van der Waals surface area contributed by atoms with Crippen LogP contribution in [0.5, 0.6) is 0 Å². The van der Waals surface area contributed by atoms with E-state index in [0.29, 0.717) is 0 Å². The monoisotopic (exact) mass is 550 g/mol. The largest absolute Gasteiger partial charge is 0.475 e. The van der Waals surface area contributed by atoms with E-state index in [1.165, 1.54) is 17.9 Å². The van der Waals surface area contributed by atoms with Crippen LogP contribution in [0.2, 0.25) is 0 Å². The molecule has 9 nitrogen and oxygen atoms in total. The van der Waals surface area contributed by atoms with E-state index >= 15 is 0 Å². The first kappa shape index (κ1) is 30.5. The van der Waals surface area contributed by atoms with Gasteiger partial charge in [0.25, 0.3) is 11.8 Å². The van der Waals surface area contributed by atoms with Crippen molar-refractivity contribution < 1.29 is 37.5 Å². The Morgan fingerprint density at radius 2 is 2.00 bits per heavy atom. The summed E-state index contributed by atoms with van der Waals surface area (Å²) in [5, 5.41) is 31.5. The molecule has 2 fully saturated rings. The van der Waals surface area contributed by atoms with E-state index in [-0.39, 0.29) is 37.9 Å². The highest BCUT2D eigenvalue weighted by atomic mass is 19.3. The van der Waals surface area contributed by atoms with Gasteiger partial charge in [0.2, 0.25) is 0 Å². The summed E-state index contributed by atoms with van der Waals surface area (Å²) in [5.41, 5.74) is -1.93. The number of nitrogens with one attached hydrogen (secondary N) is 1. The van der Waals surface area contributed by atoms with Crippen LogP contribution in [-0.2, 0) is 16.0 Å². The number of rotatable bonds is 9. The minimum atomic E-state index is -2.86. The summed E-state index contributed by atoms with van der Waals surface area (Å²) in [4.78, 5) is 28.5. The molecule has 3 atom stereocenters. The first-order chi connectivity index (χ1) is 18.2. The number of alkyl halides is 3. The molecule has 1 aromatic rings. The summed E-state index contributed by atoms with van der Waals surface area (Å²) in [5.74, 6) is -4.74. The second-order valence-electron chi connectivity index (χ2n) is 11.0. The number of nitriles is 1. The topological polar surface area (TPSA) is 126 Å². The number of halogens is 3. The van der Waals surface area contributed by atoms with Crippen molar-refractivity contribution in [3.8, 4) is 6.07 Å². The molecule has 3 N–H and O–H groups in total. The maximum atomic E-state index is 14.5. The van der Waals surface area contributed by atoms with E-state index in [9.17, 15) is 38.1 Å². The molecule has 0 saturated carbocycles. The third-order valence-electron chi connectivity index (χ3n) is 7.25. The molecular formula is C26H34BF3N4O5. The Balaban J connectivity index is 1.69. The average molecular weight is 550 g/mol. The van der Waals surface area contributed by atoms with Gasteiger partial charge in [0, 0.05) is 24.9 Å². The van der Waals surface area contributed by atoms with Gasteiger partial charge >= 0.3 is 13.2 Å². The van der Waals surface area contributed by atoms with Crippen molar-refractivity contribution in [3.05, 3.63) is 47.5 Å². The molecule has 39 heavy (non-hydrogen) atoms. The van der Waals surface area contributed by atoms with Gasteiger partial charge in [-0.3, -0.25) is 9.69 Å². The highest BCUT2D eigenvalue weighted by Gasteiger charge is 2.48. The van der Waals surface area contributed by atoms with Crippen LogP contribution >= 0.6 is 0 Å². The summed E-state index contributed by atoms with van der Waals surface area (Å²) < 4.78 is 47.3. The van der Waals surface area contributed by atoms with E-state index in [1.54, 1.807) is 44.2 Å². The van der Waals surface area contributed by atoms with Gasteiger partial charge < -0.3 is 25.0 Å². The SMILES string of the molecule is CC(C)(C=C(C#N)C(=O)N1C[C@@H](F)C[C@]1(C)COC(=O)NC(Cc1ccccc1)B(O)O)N1CCC(F)(F)C1. The van der Waals surface area contributed by atoms with Gasteiger partial charge in [-0.05, 0) is 38.8 Å². The van der Waals surface area contributed by atoms with Crippen LogP contribution in [0.4, 0.5) is 18.0 Å². The van der Waals surface area contributed by atoms with Crippen LogP contribution in [0, 0.1) is 11.3 Å². The number of hydrogen-bond donors (Lipinski definition) is 3. The lowest BCUT2D eigenvalue weighted by atomic mass is 9.76. The normalized spacial score (nSPS) is 24.2. The summed E-state index contributed by atoms with van der Waals surface area (Å²) >= 11 is 0. The molecule has 0 spiro atoms. The molecule has 0 aromatic heterocycles. The first-order valence-corrected chi connectivity index (χ1v) is 12.7. The third kappa shape index (κ3) is 7.74. The molecule has 3 rings (SSSR count). The summed E-state index contributed by atoms with van der Waals surface area (Å²) in [6.45, 7) is 3.58. The van der Waals surface area contributed by atoms with Crippen LogP contribution < -0.4 is 5.32 Å². The lowest BCUT2D eigenvalue weighted by Gasteiger charge is -2.36. The maximum absolute atomic E-state index is 14.5. The minimum absolute atomic E-state index is 0.0914. The van der Waals surface area contributed by atoms with Crippen LogP contribution in [0.3, 0.4) is 0 Å². The molecule has 2 amide bonds. The van der Waals surface area contributed by atoms with E-state index < -0.39 is 61.4 Å². The van der Waals surface area contributed by atoms with Gasteiger partial charge in [-0.1, -0.05) is 30.3 Å². The van der Waals surface area contributed by atoms with Crippen molar-refractivity contribution in [1.82, 2.24) is 15.1 Å². The van der Waals surface area contributed by atoms with E-state index in [1.807, 2.05) is 6.07 Å². The Labute approximate surface area is 226 Å². The molecule has 1 unspecified atom stereocenters. The van der Waals surface area contributed by atoms with Crippen molar-refractivity contribution >= 4 is 19.1 Å². The Hall–Kier alpha value is -3.08. The van der Waals surface area contributed by atoms with Gasteiger partial charge in [0.05, 0.1) is 24.6 Å². The minimum Gasteiger partial charge on any atom is -0.447 e. The quantitative estimate of drug-likeness (QED) is 0.245. The number of ether oxygens (including phenoxy) is 1. The van der Waals surface area contributed by atoms with Crippen LogP contribution in [0.1, 0.15) is 39.2 Å². The van der Waals surface area contributed by atoms with Crippen molar-refractivity contribution in [2.75, 3.05) is 26.2 Å². The molecule has 1 aromatic carbocycles. The summed E-state index contributed by atoms with van der Waals surface area (Å²) in [6, 6.07) is 10.6.